The Hall–Kier alpha value is -0.730. The minimum Gasteiger partial charge on any atom is -0.394 e. The number of nitrogens with one attached hydrogen (secondary N) is 1. The molecule has 5 atom stereocenters. The van der Waals surface area contributed by atoms with Gasteiger partial charge in [-0.15, -0.1) is 0 Å². The van der Waals surface area contributed by atoms with Gasteiger partial charge in [0.05, 0.1) is 12.6 Å². The van der Waals surface area contributed by atoms with E-state index in [0.717, 1.165) is 0 Å². The zero-order valence-corrected chi connectivity index (χ0v) is 8.33. The number of ether oxygens (including phenoxy) is 1. The van der Waals surface area contributed by atoms with Crippen LogP contribution in [0.15, 0.2) is 0 Å². The van der Waals surface area contributed by atoms with Gasteiger partial charge in [-0.25, -0.2) is 0 Å². The molecule has 0 bridgehead atoms. The Morgan fingerprint density at radius 1 is 1.47 bits per heavy atom. The molecule has 1 rings (SSSR count). The molecular formula is C8H16N2O5. The monoisotopic (exact) mass is 220 g/mol. The fraction of sp³-hybridized carbons (Fsp3) is 0.875. The molecule has 0 aromatic rings. The third-order valence-electron chi connectivity index (χ3n) is 2.33. The van der Waals surface area contributed by atoms with Crippen LogP contribution < -0.4 is 11.1 Å². The van der Waals surface area contributed by atoms with E-state index in [2.05, 4.69) is 5.32 Å². The molecule has 6 N–H and O–H groups in total. The van der Waals surface area contributed by atoms with Crippen LogP contribution in [-0.2, 0) is 9.53 Å². The number of rotatable bonds is 2. The minimum absolute atomic E-state index is 0.382. The van der Waals surface area contributed by atoms with Crippen molar-refractivity contribution in [2.24, 2.45) is 5.73 Å². The van der Waals surface area contributed by atoms with Gasteiger partial charge in [-0.3, -0.25) is 4.79 Å². The summed E-state index contributed by atoms with van der Waals surface area (Å²) in [6, 6.07) is -0.875. The fourth-order valence-corrected chi connectivity index (χ4v) is 1.55. The molecule has 1 heterocycles. The lowest BCUT2D eigenvalue weighted by molar-refractivity contribution is -0.193. The van der Waals surface area contributed by atoms with Crippen molar-refractivity contribution in [2.75, 3.05) is 6.61 Å². The van der Waals surface area contributed by atoms with Crippen molar-refractivity contribution in [1.82, 2.24) is 5.32 Å². The van der Waals surface area contributed by atoms with Crippen LogP contribution in [0.3, 0.4) is 0 Å². The lowest BCUT2D eigenvalue weighted by Gasteiger charge is -2.40. The van der Waals surface area contributed by atoms with E-state index in [1.807, 2.05) is 0 Å². The first-order chi connectivity index (χ1) is 6.97. The number of aliphatic hydroxyl groups excluding tert-OH is 3. The smallest absolute Gasteiger partial charge is 0.217 e. The summed E-state index contributed by atoms with van der Waals surface area (Å²) in [6.07, 6.45) is -4.41. The Morgan fingerprint density at radius 2 is 2.07 bits per heavy atom. The van der Waals surface area contributed by atoms with Gasteiger partial charge in [-0.1, -0.05) is 0 Å². The molecule has 1 fully saturated rings. The Bertz CT molecular complexity index is 237. The van der Waals surface area contributed by atoms with E-state index in [1.54, 1.807) is 0 Å². The van der Waals surface area contributed by atoms with E-state index in [4.69, 9.17) is 15.6 Å². The highest BCUT2D eigenvalue weighted by atomic mass is 16.5. The van der Waals surface area contributed by atoms with E-state index in [-0.39, 0.29) is 5.91 Å². The number of nitrogens with two attached hydrogens (primary N) is 1. The normalized spacial score (nSPS) is 41.3. The largest absolute Gasteiger partial charge is 0.394 e. The topological polar surface area (TPSA) is 125 Å². The number of aliphatic hydroxyl groups is 3. The second-order valence-corrected chi connectivity index (χ2v) is 3.53. The highest BCUT2D eigenvalue weighted by molar-refractivity contribution is 5.73. The van der Waals surface area contributed by atoms with Gasteiger partial charge in [0.15, 0.2) is 0 Å². The van der Waals surface area contributed by atoms with Gasteiger partial charge >= 0.3 is 0 Å². The Labute approximate surface area is 86.8 Å². The summed E-state index contributed by atoms with van der Waals surface area (Å²) in [4.78, 5) is 10.8. The Kier molecular flexibility index (Phi) is 4.00. The number of carbonyl (C=O) groups excluding carboxylic acids is 1. The molecule has 1 aliphatic rings. The molecule has 0 spiro atoms. The van der Waals surface area contributed by atoms with E-state index >= 15 is 0 Å². The molecule has 7 heteroatoms. The molecule has 1 aliphatic heterocycles. The SMILES string of the molecule is CC(=O)N[C@H]1[C@H](O)[C@H](O)[C@H](CO)O[C@@H]1N. The molecular weight excluding hydrogens is 204 g/mol. The van der Waals surface area contributed by atoms with Crippen molar-refractivity contribution in [2.45, 2.75) is 37.5 Å². The van der Waals surface area contributed by atoms with Crippen molar-refractivity contribution >= 4 is 5.91 Å². The third kappa shape index (κ3) is 2.64. The first kappa shape index (κ1) is 12.3. The van der Waals surface area contributed by atoms with Crippen LogP contribution in [0.25, 0.3) is 0 Å². The van der Waals surface area contributed by atoms with Crippen molar-refractivity contribution in [3.8, 4) is 0 Å². The van der Waals surface area contributed by atoms with Gasteiger partial charge in [-0.2, -0.15) is 0 Å². The first-order valence-electron chi connectivity index (χ1n) is 4.62. The number of amides is 1. The van der Waals surface area contributed by atoms with E-state index in [0.29, 0.717) is 0 Å². The lowest BCUT2D eigenvalue weighted by atomic mass is 9.96. The van der Waals surface area contributed by atoms with Gasteiger partial charge in [0, 0.05) is 6.92 Å². The van der Waals surface area contributed by atoms with Crippen molar-refractivity contribution in [3.05, 3.63) is 0 Å². The molecule has 88 valence electrons. The zero-order valence-electron chi connectivity index (χ0n) is 8.33. The molecule has 0 saturated carbocycles. The lowest BCUT2D eigenvalue weighted by Crippen LogP contribution is -2.66. The maximum absolute atomic E-state index is 10.8. The summed E-state index contributed by atoms with van der Waals surface area (Å²) in [5.41, 5.74) is 5.53. The molecule has 1 amide bonds. The number of hydrogen-bond acceptors (Lipinski definition) is 6. The van der Waals surface area contributed by atoms with Gasteiger partial charge < -0.3 is 31.1 Å². The minimum atomic E-state index is -1.27. The van der Waals surface area contributed by atoms with E-state index < -0.39 is 37.2 Å². The summed E-state index contributed by atoms with van der Waals surface area (Å²) in [5.74, 6) is -0.382. The zero-order chi connectivity index (χ0) is 11.6. The van der Waals surface area contributed by atoms with Crippen LogP contribution in [-0.4, -0.2) is 58.4 Å². The maximum atomic E-state index is 10.8. The van der Waals surface area contributed by atoms with Gasteiger partial charge in [0.2, 0.25) is 5.91 Å². The molecule has 0 aromatic carbocycles. The van der Waals surface area contributed by atoms with Crippen LogP contribution in [0, 0.1) is 0 Å². The highest BCUT2D eigenvalue weighted by Gasteiger charge is 2.42. The average molecular weight is 220 g/mol. The predicted molar refractivity (Wildman–Crippen MR) is 49.6 cm³/mol. The number of carbonyl (C=O) groups is 1. The van der Waals surface area contributed by atoms with Crippen molar-refractivity contribution < 1.29 is 24.9 Å². The molecule has 0 radical (unpaired) electrons. The summed E-state index contributed by atoms with van der Waals surface area (Å²) < 4.78 is 5.03. The highest BCUT2D eigenvalue weighted by Crippen LogP contribution is 2.18. The summed E-state index contributed by atoms with van der Waals surface area (Å²) >= 11 is 0. The molecule has 15 heavy (non-hydrogen) atoms. The summed E-state index contributed by atoms with van der Waals surface area (Å²) in [6.45, 7) is 0.822. The van der Waals surface area contributed by atoms with Crippen LogP contribution in [0.4, 0.5) is 0 Å². The van der Waals surface area contributed by atoms with Crippen LogP contribution >= 0.6 is 0 Å². The first-order valence-corrected chi connectivity index (χ1v) is 4.62. The second kappa shape index (κ2) is 4.86. The standard InChI is InChI=1S/C8H16N2O5/c1-3(12)10-5-7(14)6(13)4(2-11)15-8(5)9/h4-8,11,13-14H,2,9H2,1H3,(H,10,12)/t4-,5-,6+,7-,8-/m0/s1. The van der Waals surface area contributed by atoms with E-state index in [1.165, 1.54) is 6.92 Å². The van der Waals surface area contributed by atoms with Gasteiger partial charge in [-0.05, 0) is 0 Å². The van der Waals surface area contributed by atoms with Crippen molar-refractivity contribution in [3.63, 3.8) is 0 Å². The quantitative estimate of drug-likeness (QED) is 0.335. The fourth-order valence-electron chi connectivity index (χ4n) is 1.55. The third-order valence-corrected chi connectivity index (χ3v) is 2.33. The molecule has 7 nitrogen and oxygen atoms in total. The molecule has 0 aromatic heterocycles. The number of hydrogen-bond donors (Lipinski definition) is 5. The summed E-state index contributed by atoms with van der Waals surface area (Å²) in [5, 5.41) is 30.3. The van der Waals surface area contributed by atoms with Crippen molar-refractivity contribution in [1.29, 1.82) is 0 Å². The van der Waals surface area contributed by atoms with Gasteiger partial charge in [0.25, 0.3) is 0 Å². The van der Waals surface area contributed by atoms with Crippen LogP contribution in [0.2, 0.25) is 0 Å². The second-order valence-electron chi connectivity index (χ2n) is 3.53. The Morgan fingerprint density at radius 3 is 2.53 bits per heavy atom. The van der Waals surface area contributed by atoms with Gasteiger partial charge in [0.1, 0.15) is 24.5 Å². The Balaban J connectivity index is 2.70. The average Bonchev–Trinajstić information content (AvgIpc) is 2.18. The molecule has 1 saturated heterocycles. The predicted octanol–water partition coefficient (Wildman–Crippen LogP) is -3.11. The maximum Gasteiger partial charge on any atom is 0.217 e. The molecule has 0 unspecified atom stereocenters. The van der Waals surface area contributed by atoms with Crippen LogP contribution in [0.1, 0.15) is 6.92 Å². The molecule has 0 aliphatic carbocycles. The van der Waals surface area contributed by atoms with E-state index in [9.17, 15) is 15.0 Å². The summed E-state index contributed by atoms with van der Waals surface area (Å²) in [7, 11) is 0. The van der Waals surface area contributed by atoms with Crippen LogP contribution in [0.5, 0.6) is 0 Å².